The van der Waals surface area contributed by atoms with Gasteiger partial charge in [-0.25, -0.2) is 4.98 Å². The summed E-state index contributed by atoms with van der Waals surface area (Å²) in [7, 11) is 2.11. The smallest absolute Gasteiger partial charge is 0.273 e. The fourth-order valence-corrected chi connectivity index (χ4v) is 3.19. The van der Waals surface area contributed by atoms with E-state index in [1.165, 1.54) is 6.20 Å². The van der Waals surface area contributed by atoms with E-state index in [2.05, 4.69) is 41.3 Å². The van der Waals surface area contributed by atoms with Gasteiger partial charge in [-0.2, -0.15) is 0 Å². The van der Waals surface area contributed by atoms with Crippen LogP contribution in [0.2, 0.25) is 5.02 Å². The molecule has 3 rings (SSSR count). The summed E-state index contributed by atoms with van der Waals surface area (Å²) in [4.78, 5) is 31.6. The molecule has 2 amide bonds. The summed E-state index contributed by atoms with van der Waals surface area (Å²) in [6, 6.07) is 6.91. The molecule has 0 fully saturated rings. The highest BCUT2D eigenvalue weighted by atomic mass is 35.5. The number of aromatic nitrogens is 2. The SMILES string of the molecule is C/C=C/CN(C)CC.CC1c2ncc(C(=O)Nc3ccccc3Cl)n2CCN1C=O. The monoisotopic (exact) mass is 431 g/mol. The lowest BCUT2D eigenvalue weighted by atomic mass is 10.2. The summed E-state index contributed by atoms with van der Waals surface area (Å²) >= 11 is 6.05. The molecule has 2 heterocycles. The summed E-state index contributed by atoms with van der Waals surface area (Å²) in [6.45, 7) is 9.40. The van der Waals surface area contributed by atoms with E-state index < -0.39 is 0 Å². The Balaban J connectivity index is 0.000000343. The van der Waals surface area contributed by atoms with Crippen molar-refractivity contribution >= 4 is 29.6 Å². The van der Waals surface area contributed by atoms with Gasteiger partial charge in [-0.05, 0) is 39.6 Å². The predicted octanol–water partition coefficient (Wildman–Crippen LogP) is 3.84. The first-order valence-corrected chi connectivity index (χ1v) is 10.4. The van der Waals surface area contributed by atoms with E-state index in [-0.39, 0.29) is 11.9 Å². The van der Waals surface area contributed by atoms with Crippen molar-refractivity contribution in [2.75, 3.05) is 32.0 Å². The maximum Gasteiger partial charge on any atom is 0.273 e. The van der Waals surface area contributed by atoms with E-state index in [1.807, 2.05) is 18.4 Å². The second kappa shape index (κ2) is 11.5. The number of nitrogens with one attached hydrogen (secondary N) is 1. The van der Waals surface area contributed by atoms with Crippen molar-refractivity contribution in [2.24, 2.45) is 0 Å². The van der Waals surface area contributed by atoms with Crippen molar-refractivity contribution in [1.82, 2.24) is 19.4 Å². The van der Waals surface area contributed by atoms with Gasteiger partial charge in [0.25, 0.3) is 5.91 Å². The van der Waals surface area contributed by atoms with Crippen LogP contribution in [0.3, 0.4) is 0 Å². The molecule has 1 unspecified atom stereocenters. The van der Waals surface area contributed by atoms with Gasteiger partial charge in [-0.15, -0.1) is 0 Å². The third-order valence-electron chi connectivity index (χ3n) is 5.02. The topological polar surface area (TPSA) is 70.5 Å². The number of carbonyl (C=O) groups is 2. The molecule has 0 spiro atoms. The van der Waals surface area contributed by atoms with Crippen LogP contribution < -0.4 is 5.32 Å². The zero-order chi connectivity index (χ0) is 22.1. The molecule has 2 aromatic rings. The van der Waals surface area contributed by atoms with Crippen LogP contribution in [-0.2, 0) is 11.3 Å². The Kier molecular flexibility index (Phi) is 9.08. The molecule has 0 saturated heterocycles. The summed E-state index contributed by atoms with van der Waals surface area (Å²) < 4.78 is 1.84. The number of fused-ring (bicyclic) bond motifs is 1. The molecule has 1 atom stereocenters. The van der Waals surface area contributed by atoms with Gasteiger partial charge in [0.15, 0.2) is 0 Å². The number of rotatable bonds is 6. The van der Waals surface area contributed by atoms with Gasteiger partial charge >= 0.3 is 0 Å². The number of nitrogens with zero attached hydrogens (tertiary/aromatic N) is 4. The highest BCUT2D eigenvalue weighted by Crippen LogP contribution is 2.25. The van der Waals surface area contributed by atoms with Crippen LogP contribution in [0.5, 0.6) is 0 Å². The molecule has 30 heavy (non-hydrogen) atoms. The molecule has 1 aliphatic heterocycles. The van der Waals surface area contributed by atoms with Gasteiger partial charge in [0, 0.05) is 19.6 Å². The Hall–Kier alpha value is -2.64. The van der Waals surface area contributed by atoms with Crippen molar-refractivity contribution in [3.63, 3.8) is 0 Å². The molecule has 1 N–H and O–H groups in total. The molecular weight excluding hydrogens is 402 g/mol. The number of imidazole rings is 1. The first-order valence-electron chi connectivity index (χ1n) is 10.0. The normalized spacial score (nSPS) is 15.5. The highest BCUT2D eigenvalue weighted by Gasteiger charge is 2.28. The molecule has 8 heteroatoms. The minimum atomic E-state index is -0.265. The maximum atomic E-state index is 12.4. The van der Waals surface area contributed by atoms with E-state index in [9.17, 15) is 9.59 Å². The molecule has 1 aromatic carbocycles. The summed E-state index contributed by atoms with van der Waals surface area (Å²) in [5.41, 5.74) is 1.02. The quantitative estimate of drug-likeness (QED) is 0.557. The van der Waals surface area contributed by atoms with Gasteiger partial charge in [0.05, 0.1) is 22.9 Å². The fraction of sp³-hybridized carbons (Fsp3) is 0.409. The Bertz CT molecular complexity index is 880. The van der Waals surface area contributed by atoms with Crippen molar-refractivity contribution in [3.05, 3.63) is 59.2 Å². The zero-order valence-electron chi connectivity index (χ0n) is 18.0. The molecule has 0 radical (unpaired) electrons. The van der Waals surface area contributed by atoms with Gasteiger partial charge in [0.2, 0.25) is 6.41 Å². The lowest BCUT2D eigenvalue weighted by Gasteiger charge is -2.31. The van der Waals surface area contributed by atoms with Crippen LogP contribution in [0, 0.1) is 0 Å². The average Bonchev–Trinajstić information content (AvgIpc) is 3.19. The Morgan fingerprint density at radius 3 is 2.73 bits per heavy atom. The van der Waals surface area contributed by atoms with E-state index >= 15 is 0 Å². The van der Waals surface area contributed by atoms with Crippen LogP contribution in [0.1, 0.15) is 43.1 Å². The number of benzene rings is 1. The standard InChI is InChI=1S/C15H15ClN4O2.C7H15N/c1-10-14-17-8-13(20(14)7-6-19(10)9-21)15(22)18-12-5-3-2-4-11(12)16;1-4-6-7-8(3)5-2/h2-5,8-10H,6-7H2,1H3,(H,18,22);4,6H,5,7H2,1-3H3/b;6-4+. The van der Waals surface area contributed by atoms with Crippen LogP contribution in [0.4, 0.5) is 5.69 Å². The molecule has 7 nitrogen and oxygen atoms in total. The van der Waals surface area contributed by atoms with Gasteiger partial charge in [-0.3, -0.25) is 9.59 Å². The number of likely N-dealkylation sites (N-methyl/N-ethyl adjacent to an activating group) is 1. The van der Waals surface area contributed by atoms with Crippen molar-refractivity contribution in [3.8, 4) is 0 Å². The first kappa shape index (κ1) is 23.6. The van der Waals surface area contributed by atoms with Crippen LogP contribution in [0.25, 0.3) is 0 Å². The number of anilines is 1. The van der Waals surface area contributed by atoms with Crippen LogP contribution in [0.15, 0.2) is 42.6 Å². The van der Waals surface area contributed by atoms with Crippen LogP contribution >= 0.6 is 11.6 Å². The van der Waals surface area contributed by atoms with Crippen molar-refractivity contribution in [1.29, 1.82) is 0 Å². The first-order chi connectivity index (χ1) is 14.4. The van der Waals surface area contributed by atoms with E-state index in [0.717, 1.165) is 19.5 Å². The third kappa shape index (κ3) is 5.93. The number of allylic oxidation sites excluding steroid dienone is 1. The zero-order valence-corrected chi connectivity index (χ0v) is 18.8. The van der Waals surface area contributed by atoms with Crippen molar-refractivity contribution in [2.45, 2.75) is 33.4 Å². The Morgan fingerprint density at radius 1 is 1.37 bits per heavy atom. The number of hydrogen-bond acceptors (Lipinski definition) is 4. The molecule has 1 aromatic heterocycles. The lowest BCUT2D eigenvalue weighted by molar-refractivity contribution is -0.121. The Morgan fingerprint density at radius 2 is 2.10 bits per heavy atom. The molecule has 0 aliphatic carbocycles. The predicted molar refractivity (Wildman–Crippen MR) is 121 cm³/mol. The average molecular weight is 432 g/mol. The third-order valence-corrected chi connectivity index (χ3v) is 5.35. The highest BCUT2D eigenvalue weighted by molar-refractivity contribution is 6.33. The second-order valence-corrected chi connectivity index (χ2v) is 7.44. The minimum absolute atomic E-state index is 0.145. The van der Waals surface area contributed by atoms with E-state index in [4.69, 9.17) is 11.6 Å². The fourth-order valence-electron chi connectivity index (χ4n) is 3.00. The van der Waals surface area contributed by atoms with Crippen LogP contribution in [-0.4, -0.2) is 58.4 Å². The van der Waals surface area contributed by atoms with Gasteiger partial charge < -0.3 is 19.7 Å². The number of hydrogen-bond donors (Lipinski definition) is 1. The molecular formula is C22H30ClN5O2. The second-order valence-electron chi connectivity index (χ2n) is 7.03. The van der Waals surface area contributed by atoms with E-state index in [0.29, 0.717) is 35.3 Å². The molecule has 1 aliphatic rings. The summed E-state index contributed by atoms with van der Waals surface area (Å²) in [6.07, 6.45) is 6.58. The van der Waals surface area contributed by atoms with E-state index in [1.54, 1.807) is 29.2 Å². The van der Waals surface area contributed by atoms with Gasteiger partial charge in [-0.1, -0.05) is 42.8 Å². The maximum absolute atomic E-state index is 12.4. The minimum Gasteiger partial charge on any atom is -0.334 e. The Labute approximate surface area is 183 Å². The largest absolute Gasteiger partial charge is 0.334 e. The number of amides is 2. The number of carbonyl (C=O) groups excluding carboxylic acids is 2. The van der Waals surface area contributed by atoms with Gasteiger partial charge in [0.1, 0.15) is 11.5 Å². The summed E-state index contributed by atoms with van der Waals surface area (Å²) in [5.74, 6) is 0.446. The molecule has 0 bridgehead atoms. The summed E-state index contributed by atoms with van der Waals surface area (Å²) in [5, 5.41) is 3.27. The van der Waals surface area contributed by atoms with Crippen molar-refractivity contribution < 1.29 is 9.59 Å². The molecule has 162 valence electrons. The lowest BCUT2D eigenvalue weighted by Crippen LogP contribution is -2.37. The molecule has 0 saturated carbocycles. The number of para-hydroxylation sites is 1. The number of halogens is 1.